The Morgan fingerprint density at radius 3 is 2.19 bits per heavy atom. The number of benzene rings is 2. The van der Waals surface area contributed by atoms with Crippen LogP contribution < -0.4 is 5.32 Å². The van der Waals surface area contributed by atoms with Gasteiger partial charge in [0.1, 0.15) is 5.82 Å². The fourth-order valence-corrected chi connectivity index (χ4v) is 2.99. The van der Waals surface area contributed by atoms with Crippen molar-refractivity contribution < 1.29 is 18.8 Å². The Morgan fingerprint density at radius 1 is 1.04 bits per heavy atom. The van der Waals surface area contributed by atoms with Crippen LogP contribution in [0.15, 0.2) is 48.5 Å². The highest BCUT2D eigenvalue weighted by Crippen LogP contribution is 2.22. The summed E-state index contributed by atoms with van der Waals surface area (Å²) in [5.74, 6) is -1.14. The number of rotatable bonds is 6. The second-order valence-electron chi connectivity index (χ2n) is 6.25. The van der Waals surface area contributed by atoms with Gasteiger partial charge in [0.15, 0.2) is 0 Å². The number of halogens is 1. The molecular weight excluding hydrogens is 335 g/mol. The SMILES string of the molecule is C[C@H](NC(=O)CCCN1C(=O)c2ccccc2C1=O)c1ccc(F)cc1. The first-order valence-electron chi connectivity index (χ1n) is 8.47. The van der Waals surface area contributed by atoms with E-state index in [1.165, 1.54) is 17.0 Å². The lowest BCUT2D eigenvalue weighted by molar-refractivity contribution is -0.121. The Morgan fingerprint density at radius 2 is 1.62 bits per heavy atom. The Hall–Kier alpha value is -3.02. The van der Waals surface area contributed by atoms with Crippen LogP contribution in [0.4, 0.5) is 4.39 Å². The third-order valence-corrected chi connectivity index (χ3v) is 4.41. The Balaban J connectivity index is 1.49. The Bertz CT molecular complexity index is 813. The molecule has 0 aliphatic carbocycles. The van der Waals surface area contributed by atoms with Gasteiger partial charge in [-0.25, -0.2) is 4.39 Å². The molecule has 26 heavy (non-hydrogen) atoms. The minimum absolute atomic E-state index is 0.182. The molecule has 6 heteroatoms. The van der Waals surface area contributed by atoms with Crippen LogP contribution in [0.1, 0.15) is 52.1 Å². The topological polar surface area (TPSA) is 66.5 Å². The van der Waals surface area contributed by atoms with Crippen LogP contribution in [0.3, 0.4) is 0 Å². The maximum Gasteiger partial charge on any atom is 0.261 e. The molecule has 2 aromatic carbocycles. The third kappa shape index (κ3) is 3.64. The summed E-state index contributed by atoms with van der Waals surface area (Å²) in [5, 5.41) is 2.83. The van der Waals surface area contributed by atoms with Crippen LogP contribution in [-0.2, 0) is 4.79 Å². The molecule has 3 rings (SSSR count). The Labute approximate surface area is 150 Å². The molecule has 0 saturated carbocycles. The van der Waals surface area contributed by atoms with Crippen LogP contribution in [0.2, 0.25) is 0 Å². The second-order valence-corrected chi connectivity index (χ2v) is 6.25. The highest BCUT2D eigenvalue weighted by molar-refractivity contribution is 6.21. The van der Waals surface area contributed by atoms with Crippen molar-refractivity contribution in [2.75, 3.05) is 6.54 Å². The second kappa shape index (κ2) is 7.47. The lowest BCUT2D eigenvalue weighted by Gasteiger charge is -2.16. The van der Waals surface area contributed by atoms with E-state index < -0.39 is 0 Å². The molecule has 1 N–H and O–H groups in total. The number of hydrogen-bond acceptors (Lipinski definition) is 3. The molecule has 2 aromatic rings. The Kier molecular flexibility index (Phi) is 5.11. The molecule has 1 aliphatic heterocycles. The summed E-state index contributed by atoms with van der Waals surface area (Å²) in [5.41, 5.74) is 1.62. The van der Waals surface area contributed by atoms with Gasteiger partial charge in [-0.2, -0.15) is 0 Å². The van der Waals surface area contributed by atoms with Crippen LogP contribution in [-0.4, -0.2) is 29.2 Å². The number of carbonyl (C=O) groups is 3. The predicted octanol–water partition coefficient (Wildman–Crippen LogP) is 3.08. The van der Waals surface area contributed by atoms with E-state index in [4.69, 9.17) is 0 Å². The van der Waals surface area contributed by atoms with Gasteiger partial charge in [-0.15, -0.1) is 0 Å². The quantitative estimate of drug-likeness (QED) is 0.811. The van der Waals surface area contributed by atoms with Crippen LogP contribution in [0.25, 0.3) is 0 Å². The van der Waals surface area contributed by atoms with Crippen molar-refractivity contribution in [2.24, 2.45) is 0 Å². The van der Waals surface area contributed by atoms with Crippen molar-refractivity contribution >= 4 is 17.7 Å². The molecule has 0 bridgehead atoms. The van der Waals surface area contributed by atoms with E-state index >= 15 is 0 Å². The zero-order valence-corrected chi connectivity index (χ0v) is 14.4. The molecule has 0 radical (unpaired) electrons. The van der Waals surface area contributed by atoms with E-state index in [1.807, 2.05) is 6.92 Å². The van der Waals surface area contributed by atoms with Crippen molar-refractivity contribution in [3.05, 3.63) is 71.0 Å². The molecule has 0 saturated heterocycles. The van der Waals surface area contributed by atoms with E-state index in [0.29, 0.717) is 17.5 Å². The van der Waals surface area contributed by atoms with Crippen molar-refractivity contribution in [1.82, 2.24) is 10.2 Å². The molecule has 0 spiro atoms. The van der Waals surface area contributed by atoms with Gasteiger partial charge in [-0.3, -0.25) is 19.3 Å². The predicted molar refractivity (Wildman–Crippen MR) is 94.0 cm³/mol. The average Bonchev–Trinajstić information content (AvgIpc) is 2.87. The number of amides is 3. The first-order chi connectivity index (χ1) is 12.5. The van der Waals surface area contributed by atoms with Crippen molar-refractivity contribution in [3.8, 4) is 0 Å². The monoisotopic (exact) mass is 354 g/mol. The summed E-state index contributed by atoms with van der Waals surface area (Å²) in [4.78, 5) is 37.8. The van der Waals surface area contributed by atoms with E-state index in [1.54, 1.807) is 36.4 Å². The maximum atomic E-state index is 12.9. The smallest absolute Gasteiger partial charge is 0.261 e. The molecular formula is C20H19FN2O3. The van der Waals surface area contributed by atoms with Crippen molar-refractivity contribution in [3.63, 3.8) is 0 Å². The number of nitrogens with zero attached hydrogens (tertiary/aromatic N) is 1. The van der Waals surface area contributed by atoms with Gasteiger partial charge < -0.3 is 5.32 Å². The average molecular weight is 354 g/mol. The summed E-state index contributed by atoms with van der Waals surface area (Å²) < 4.78 is 12.9. The molecule has 5 nitrogen and oxygen atoms in total. The largest absolute Gasteiger partial charge is 0.350 e. The van der Waals surface area contributed by atoms with Gasteiger partial charge in [0, 0.05) is 13.0 Å². The van der Waals surface area contributed by atoms with Gasteiger partial charge >= 0.3 is 0 Å². The molecule has 134 valence electrons. The summed E-state index contributed by atoms with van der Waals surface area (Å²) >= 11 is 0. The number of carbonyl (C=O) groups excluding carboxylic acids is 3. The fraction of sp³-hybridized carbons (Fsp3) is 0.250. The van der Waals surface area contributed by atoms with Crippen molar-refractivity contribution in [2.45, 2.75) is 25.8 Å². The first-order valence-corrected chi connectivity index (χ1v) is 8.47. The minimum atomic E-state index is -0.326. The van der Waals surface area contributed by atoms with E-state index in [0.717, 1.165) is 5.56 Å². The summed E-state index contributed by atoms with van der Waals surface area (Å²) in [6.07, 6.45) is 0.576. The highest BCUT2D eigenvalue weighted by Gasteiger charge is 2.34. The molecule has 0 fully saturated rings. The van der Waals surface area contributed by atoms with Crippen LogP contribution in [0.5, 0.6) is 0 Å². The zero-order valence-electron chi connectivity index (χ0n) is 14.4. The lowest BCUT2D eigenvalue weighted by atomic mass is 10.1. The fourth-order valence-electron chi connectivity index (χ4n) is 2.99. The number of fused-ring (bicyclic) bond motifs is 1. The highest BCUT2D eigenvalue weighted by atomic mass is 19.1. The van der Waals surface area contributed by atoms with E-state index in [-0.39, 0.29) is 42.5 Å². The van der Waals surface area contributed by atoms with E-state index in [2.05, 4.69) is 5.32 Å². The molecule has 1 heterocycles. The van der Waals surface area contributed by atoms with E-state index in [9.17, 15) is 18.8 Å². The first kappa shape index (κ1) is 17.8. The molecule has 3 amide bonds. The minimum Gasteiger partial charge on any atom is -0.350 e. The van der Waals surface area contributed by atoms with Gasteiger partial charge in [0.2, 0.25) is 5.91 Å². The number of imide groups is 1. The molecule has 1 atom stereocenters. The number of hydrogen-bond donors (Lipinski definition) is 1. The van der Waals surface area contributed by atoms with Gasteiger partial charge in [0.05, 0.1) is 17.2 Å². The maximum absolute atomic E-state index is 12.9. The van der Waals surface area contributed by atoms with Crippen LogP contribution >= 0.6 is 0 Å². The van der Waals surface area contributed by atoms with Gasteiger partial charge in [0.25, 0.3) is 11.8 Å². The normalized spacial score (nSPS) is 14.3. The zero-order chi connectivity index (χ0) is 18.7. The van der Waals surface area contributed by atoms with Crippen molar-refractivity contribution in [1.29, 1.82) is 0 Å². The molecule has 0 unspecified atom stereocenters. The summed E-state index contributed by atoms with van der Waals surface area (Å²) in [7, 11) is 0. The molecule has 0 aromatic heterocycles. The van der Waals surface area contributed by atoms with Gasteiger partial charge in [-0.05, 0) is 43.2 Å². The third-order valence-electron chi connectivity index (χ3n) is 4.41. The standard InChI is InChI=1S/C20H19FN2O3/c1-13(14-8-10-15(21)11-9-14)22-18(24)7-4-12-23-19(25)16-5-2-3-6-17(16)20(23)26/h2-3,5-6,8-11,13H,4,7,12H2,1H3,(H,22,24)/t13-/m0/s1. The summed E-state index contributed by atoms with van der Waals surface area (Å²) in [6.45, 7) is 2.01. The number of nitrogens with one attached hydrogen (secondary N) is 1. The molecule has 1 aliphatic rings. The van der Waals surface area contributed by atoms with Crippen LogP contribution in [0, 0.1) is 5.82 Å². The summed E-state index contributed by atoms with van der Waals surface area (Å²) in [6, 6.07) is 12.4. The lowest BCUT2D eigenvalue weighted by Crippen LogP contribution is -2.32. The van der Waals surface area contributed by atoms with Gasteiger partial charge in [-0.1, -0.05) is 24.3 Å².